The Balaban J connectivity index is 2.38. The first kappa shape index (κ1) is 10.0. The third-order valence-corrected chi connectivity index (χ3v) is 1.93. The molecule has 0 fully saturated rings. The standard InChI is InChI=1S/C13H17/c1-2-4-6-8-10-12-13-11-9-7-5-3-1/h1-2,5,7,10-12H,3-4,6,8,13H2. The van der Waals surface area contributed by atoms with Crippen LogP contribution in [0.15, 0.2) is 42.5 Å². The molecule has 1 aliphatic rings. The third kappa shape index (κ3) is 6.15. The van der Waals surface area contributed by atoms with Gasteiger partial charge in [-0.15, -0.1) is 0 Å². The SMILES string of the molecule is [C]1=CCC=CCCCC=CCC=C1. The van der Waals surface area contributed by atoms with Crippen LogP contribution in [-0.4, -0.2) is 0 Å². The molecular formula is C13H17. The van der Waals surface area contributed by atoms with E-state index < -0.39 is 0 Å². The Bertz CT molecular complexity index is 192. The largest absolute Gasteiger partial charge is 0.0882 e. The average molecular weight is 173 g/mol. The van der Waals surface area contributed by atoms with Crippen molar-refractivity contribution in [2.45, 2.75) is 32.1 Å². The van der Waals surface area contributed by atoms with Gasteiger partial charge in [-0.05, 0) is 38.2 Å². The van der Waals surface area contributed by atoms with Crippen LogP contribution in [0.25, 0.3) is 0 Å². The maximum absolute atomic E-state index is 3.13. The van der Waals surface area contributed by atoms with Crippen LogP contribution in [0.1, 0.15) is 32.1 Å². The molecule has 69 valence electrons. The van der Waals surface area contributed by atoms with Crippen LogP contribution >= 0.6 is 0 Å². The van der Waals surface area contributed by atoms with Crippen LogP contribution < -0.4 is 0 Å². The minimum Gasteiger partial charge on any atom is -0.0882 e. The molecule has 0 spiro atoms. The van der Waals surface area contributed by atoms with Crippen molar-refractivity contribution in [2.75, 3.05) is 0 Å². The van der Waals surface area contributed by atoms with E-state index in [9.17, 15) is 0 Å². The number of rotatable bonds is 0. The Morgan fingerprint density at radius 3 is 2.38 bits per heavy atom. The van der Waals surface area contributed by atoms with E-state index in [1.807, 2.05) is 6.08 Å². The lowest BCUT2D eigenvalue weighted by Crippen LogP contribution is -1.69. The Labute approximate surface area is 81.4 Å². The lowest BCUT2D eigenvalue weighted by atomic mass is 10.2. The fourth-order valence-electron chi connectivity index (χ4n) is 1.20. The fourth-order valence-corrected chi connectivity index (χ4v) is 1.20. The van der Waals surface area contributed by atoms with Crippen LogP contribution in [0.3, 0.4) is 0 Å². The van der Waals surface area contributed by atoms with Crippen molar-refractivity contribution in [3.05, 3.63) is 48.6 Å². The summed E-state index contributed by atoms with van der Waals surface area (Å²) >= 11 is 0. The van der Waals surface area contributed by atoms with Crippen molar-refractivity contribution in [2.24, 2.45) is 0 Å². The van der Waals surface area contributed by atoms with Crippen molar-refractivity contribution >= 4 is 0 Å². The molecule has 0 aromatic heterocycles. The Morgan fingerprint density at radius 2 is 1.54 bits per heavy atom. The van der Waals surface area contributed by atoms with E-state index in [1.165, 1.54) is 19.3 Å². The van der Waals surface area contributed by atoms with Crippen molar-refractivity contribution in [1.82, 2.24) is 0 Å². The molecule has 0 nitrogen and oxygen atoms in total. The second kappa shape index (κ2) is 7.60. The van der Waals surface area contributed by atoms with Gasteiger partial charge in [-0.1, -0.05) is 42.5 Å². The summed E-state index contributed by atoms with van der Waals surface area (Å²) in [7, 11) is 0. The molecule has 0 aromatic rings. The van der Waals surface area contributed by atoms with Gasteiger partial charge >= 0.3 is 0 Å². The Morgan fingerprint density at radius 1 is 0.769 bits per heavy atom. The highest BCUT2D eigenvalue weighted by molar-refractivity contribution is 5.02. The normalized spacial score (nSPS) is 19.1. The predicted molar refractivity (Wildman–Crippen MR) is 58.3 cm³/mol. The first-order chi connectivity index (χ1) is 6.50. The number of hydrogen-bond donors (Lipinski definition) is 0. The molecule has 0 atom stereocenters. The third-order valence-electron chi connectivity index (χ3n) is 1.93. The van der Waals surface area contributed by atoms with Crippen molar-refractivity contribution in [3.8, 4) is 0 Å². The summed E-state index contributed by atoms with van der Waals surface area (Å²) in [6.45, 7) is 0. The first-order valence-corrected chi connectivity index (χ1v) is 5.03. The molecule has 1 rings (SSSR count). The lowest BCUT2D eigenvalue weighted by molar-refractivity contribution is 0.864. The van der Waals surface area contributed by atoms with Gasteiger partial charge in [0.2, 0.25) is 0 Å². The van der Waals surface area contributed by atoms with Crippen LogP contribution in [-0.2, 0) is 0 Å². The van der Waals surface area contributed by atoms with Gasteiger partial charge in [-0.25, -0.2) is 0 Å². The molecule has 0 unspecified atom stereocenters. The van der Waals surface area contributed by atoms with Crippen LogP contribution in [0, 0.1) is 6.08 Å². The van der Waals surface area contributed by atoms with E-state index in [-0.39, 0.29) is 0 Å². The van der Waals surface area contributed by atoms with Gasteiger partial charge in [0.15, 0.2) is 0 Å². The zero-order valence-electron chi connectivity index (χ0n) is 8.08. The summed E-state index contributed by atoms with van der Waals surface area (Å²) in [5.41, 5.74) is 0. The molecule has 0 aliphatic heterocycles. The van der Waals surface area contributed by atoms with Crippen molar-refractivity contribution in [3.63, 3.8) is 0 Å². The van der Waals surface area contributed by atoms with Gasteiger partial charge in [0.25, 0.3) is 0 Å². The van der Waals surface area contributed by atoms with Gasteiger partial charge in [0, 0.05) is 0 Å². The van der Waals surface area contributed by atoms with E-state index >= 15 is 0 Å². The van der Waals surface area contributed by atoms with Gasteiger partial charge in [0.1, 0.15) is 0 Å². The average Bonchev–Trinajstić information content (AvgIpc) is 2.18. The molecular weight excluding hydrogens is 156 g/mol. The lowest BCUT2D eigenvalue weighted by Gasteiger charge is -1.89. The maximum atomic E-state index is 3.13. The van der Waals surface area contributed by atoms with Crippen LogP contribution in [0.4, 0.5) is 0 Å². The van der Waals surface area contributed by atoms with Gasteiger partial charge < -0.3 is 0 Å². The second-order valence-corrected chi connectivity index (χ2v) is 3.12. The summed E-state index contributed by atoms with van der Waals surface area (Å²) in [5, 5.41) is 0. The molecule has 0 amide bonds. The highest BCUT2D eigenvalue weighted by Gasteiger charge is 1.81. The highest BCUT2D eigenvalue weighted by Crippen LogP contribution is 2.01. The zero-order valence-corrected chi connectivity index (χ0v) is 8.08. The van der Waals surface area contributed by atoms with Gasteiger partial charge in [-0.2, -0.15) is 0 Å². The highest BCUT2D eigenvalue weighted by atomic mass is 13.9. The number of allylic oxidation sites excluding steroid dienone is 8. The Hall–Kier alpha value is -1.04. The monoisotopic (exact) mass is 173 g/mol. The van der Waals surface area contributed by atoms with Gasteiger partial charge in [-0.3, -0.25) is 0 Å². The summed E-state index contributed by atoms with van der Waals surface area (Å²) < 4.78 is 0. The molecule has 1 radical (unpaired) electrons. The smallest absolute Gasteiger partial charge is 0.0160 e. The van der Waals surface area contributed by atoms with E-state index in [4.69, 9.17) is 0 Å². The molecule has 0 saturated carbocycles. The topological polar surface area (TPSA) is 0 Å². The van der Waals surface area contributed by atoms with Crippen molar-refractivity contribution < 1.29 is 0 Å². The molecule has 0 aromatic carbocycles. The van der Waals surface area contributed by atoms with Crippen LogP contribution in [0.5, 0.6) is 0 Å². The predicted octanol–water partition coefficient (Wildman–Crippen LogP) is 3.98. The zero-order chi connectivity index (χ0) is 9.19. The summed E-state index contributed by atoms with van der Waals surface area (Å²) in [4.78, 5) is 0. The van der Waals surface area contributed by atoms with Crippen LogP contribution in [0.2, 0.25) is 0 Å². The van der Waals surface area contributed by atoms with E-state index in [0.29, 0.717) is 0 Å². The fraction of sp³-hybridized carbons (Fsp3) is 0.385. The van der Waals surface area contributed by atoms with Gasteiger partial charge in [0.05, 0.1) is 0 Å². The van der Waals surface area contributed by atoms with E-state index in [0.717, 1.165) is 12.8 Å². The summed E-state index contributed by atoms with van der Waals surface area (Å²) in [5.74, 6) is 0. The molecule has 0 heterocycles. The molecule has 0 heteroatoms. The molecule has 0 saturated heterocycles. The molecule has 13 heavy (non-hydrogen) atoms. The summed E-state index contributed by atoms with van der Waals surface area (Å²) in [6.07, 6.45) is 24.0. The first-order valence-electron chi connectivity index (χ1n) is 5.03. The Kier molecular flexibility index (Phi) is 5.87. The molecule has 0 bridgehead atoms. The van der Waals surface area contributed by atoms with E-state index in [2.05, 4.69) is 42.5 Å². The van der Waals surface area contributed by atoms with E-state index in [1.54, 1.807) is 0 Å². The minimum absolute atomic E-state index is 1.01. The quantitative estimate of drug-likeness (QED) is 0.486. The summed E-state index contributed by atoms with van der Waals surface area (Å²) in [6, 6.07) is 0. The minimum atomic E-state index is 1.01. The second-order valence-electron chi connectivity index (χ2n) is 3.12. The molecule has 1 aliphatic carbocycles. The maximum Gasteiger partial charge on any atom is -0.0160 e. The molecule has 0 N–H and O–H groups in total. The van der Waals surface area contributed by atoms with Crippen molar-refractivity contribution in [1.29, 1.82) is 0 Å². The number of hydrogen-bond acceptors (Lipinski definition) is 0.